The first-order valence-corrected chi connectivity index (χ1v) is 7.23. The number of hydrogen-bond donors (Lipinski definition) is 3. The summed E-state index contributed by atoms with van der Waals surface area (Å²) in [5, 5.41) is 10.2. The van der Waals surface area contributed by atoms with Crippen molar-refractivity contribution in [2.45, 2.75) is 30.8 Å². The number of hydrogen-bond acceptors (Lipinski definition) is 5. The molecule has 4 N–H and O–H groups in total. The van der Waals surface area contributed by atoms with Gasteiger partial charge in [-0.15, -0.1) is 0 Å². The molecule has 2 amide bonds. The molecule has 0 aromatic heterocycles. The molecular formula is C9H16N2O4S2. The van der Waals surface area contributed by atoms with Crippen LogP contribution in [0.2, 0.25) is 0 Å². The van der Waals surface area contributed by atoms with Crippen LogP contribution in [0.4, 0.5) is 0 Å². The maximum Gasteiger partial charge on any atom is 0.305 e. The van der Waals surface area contributed by atoms with Crippen LogP contribution >= 0.6 is 21.6 Å². The average molecular weight is 280 g/mol. The Bertz CT molecular complexity index is 299. The van der Waals surface area contributed by atoms with Gasteiger partial charge in [0, 0.05) is 6.54 Å². The van der Waals surface area contributed by atoms with Crippen molar-refractivity contribution in [1.82, 2.24) is 5.32 Å². The molecule has 2 unspecified atom stereocenters. The second-order valence-electron chi connectivity index (χ2n) is 3.31. The van der Waals surface area contributed by atoms with Gasteiger partial charge in [-0.05, 0) is 13.8 Å². The van der Waals surface area contributed by atoms with Crippen LogP contribution in [-0.2, 0) is 14.4 Å². The lowest BCUT2D eigenvalue weighted by Crippen LogP contribution is -2.32. The topological polar surface area (TPSA) is 109 Å². The zero-order chi connectivity index (χ0) is 13.4. The number of nitrogens with one attached hydrogen (secondary N) is 1. The number of carboxylic acid groups (broad SMARTS) is 1. The van der Waals surface area contributed by atoms with Crippen molar-refractivity contribution < 1.29 is 19.5 Å². The summed E-state index contributed by atoms with van der Waals surface area (Å²) in [5.74, 6) is -1.64. The molecule has 2 atom stereocenters. The third-order valence-electron chi connectivity index (χ3n) is 1.75. The third kappa shape index (κ3) is 7.92. The van der Waals surface area contributed by atoms with Crippen LogP contribution < -0.4 is 11.1 Å². The molecule has 0 aromatic rings. The second-order valence-corrected chi connectivity index (χ2v) is 6.27. The van der Waals surface area contributed by atoms with E-state index < -0.39 is 11.9 Å². The van der Waals surface area contributed by atoms with Crippen LogP contribution in [0.15, 0.2) is 0 Å². The van der Waals surface area contributed by atoms with Crippen LogP contribution in [0.3, 0.4) is 0 Å². The molecular weight excluding hydrogens is 264 g/mol. The van der Waals surface area contributed by atoms with Crippen LogP contribution in [0.25, 0.3) is 0 Å². The Morgan fingerprint density at radius 3 is 2.24 bits per heavy atom. The molecule has 0 aliphatic rings. The summed E-state index contributed by atoms with van der Waals surface area (Å²) in [5.41, 5.74) is 5.07. The molecule has 98 valence electrons. The van der Waals surface area contributed by atoms with Gasteiger partial charge in [-0.1, -0.05) is 21.6 Å². The van der Waals surface area contributed by atoms with Gasteiger partial charge >= 0.3 is 5.97 Å². The van der Waals surface area contributed by atoms with E-state index in [1.54, 1.807) is 13.8 Å². The van der Waals surface area contributed by atoms with Crippen molar-refractivity contribution in [2.75, 3.05) is 6.54 Å². The van der Waals surface area contributed by atoms with Crippen molar-refractivity contribution in [3.05, 3.63) is 0 Å². The monoisotopic (exact) mass is 280 g/mol. The molecule has 0 radical (unpaired) electrons. The molecule has 0 aliphatic carbocycles. The summed E-state index contributed by atoms with van der Waals surface area (Å²) in [6, 6.07) is 0. The summed E-state index contributed by atoms with van der Waals surface area (Å²) in [7, 11) is 2.46. The number of aliphatic carboxylic acids is 1. The fourth-order valence-electron chi connectivity index (χ4n) is 0.694. The molecule has 0 spiro atoms. The minimum Gasteiger partial charge on any atom is -0.481 e. The zero-order valence-corrected chi connectivity index (χ0v) is 11.3. The van der Waals surface area contributed by atoms with Gasteiger partial charge in [0.25, 0.3) is 0 Å². The number of rotatable bonds is 8. The van der Waals surface area contributed by atoms with E-state index in [9.17, 15) is 14.4 Å². The summed E-state index contributed by atoms with van der Waals surface area (Å²) in [6.07, 6.45) is -0.103. The Morgan fingerprint density at radius 2 is 1.76 bits per heavy atom. The number of primary amides is 1. The number of carbonyl (C=O) groups excluding carboxylic acids is 2. The molecule has 0 bridgehead atoms. The van der Waals surface area contributed by atoms with Gasteiger partial charge in [-0.25, -0.2) is 0 Å². The first kappa shape index (κ1) is 16.1. The highest BCUT2D eigenvalue weighted by molar-refractivity contribution is 8.77. The normalized spacial score (nSPS) is 13.8. The molecule has 0 fully saturated rings. The van der Waals surface area contributed by atoms with E-state index in [2.05, 4.69) is 5.32 Å². The van der Waals surface area contributed by atoms with Gasteiger partial charge in [0.15, 0.2) is 0 Å². The van der Waals surface area contributed by atoms with Crippen molar-refractivity contribution in [3.8, 4) is 0 Å². The number of carbonyl (C=O) groups is 3. The SMILES string of the molecule is CC(SSC(C)C(=O)NCCC(=O)O)C(N)=O. The minimum absolute atomic E-state index is 0.103. The zero-order valence-electron chi connectivity index (χ0n) is 9.63. The number of nitrogens with two attached hydrogens (primary N) is 1. The Morgan fingerprint density at radius 1 is 1.24 bits per heavy atom. The Kier molecular flexibility index (Phi) is 7.81. The summed E-state index contributed by atoms with van der Waals surface area (Å²) < 4.78 is 0. The van der Waals surface area contributed by atoms with E-state index in [0.717, 1.165) is 0 Å². The van der Waals surface area contributed by atoms with Gasteiger partial charge in [-0.3, -0.25) is 14.4 Å². The van der Waals surface area contributed by atoms with Gasteiger partial charge in [-0.2, -0.15) is 0 Å². The first-order chi connectivity index (χ1) is 7.84. The second kappa shape index (κ2) is 8.24. The highest BCUT2D eigenvalue weighted by Gasteiger charge is 2.17. The Labute approximate surface area is 107 Å². The van der Waals surface area contributed by atoms with E-state index >= 15 is 0 Å². The van der Waals surface area contributed by atoms with Gasteiger partial charge in [0.05, 0.1) is 16.9 Å². The summed E-state index contributed by atoms with van der Waals surface area (Å²) in [6.45, 7) is 3.45. The lowest BCUT2D eigenvalue weighted by molar-refractivity contribution is -0.137. The van der Waals surface area contributed by atoms with Gasteiger partial charge in [0.1, 0.15) is 0 Å². The third-order valence-corrected chi connectivity index (χ3v) is 4.95. The highest BCUT2D eigenvalue weighted by atomic mass is 33.1. The van der Waals surface area contributed by atoms with E-state index in [-0.39, 0.29) is 29.4 Å². The molecule has 0 aromatic carbocycles. The largest absolute Gasteiger partial charge is 0.481 e. The lowest BCUT2D eigenvalue weighted by atomic mass is 10.4. The minimum atomic E-state index is -0.956. The van der Waals surface area contributed by atoms with Crippen molar-refractivity contribution in [2.24, 2.45) is 5.73 Å². The fraction of sp³-hybridized carbons (Fsp3) is 0.667. The van der Waals surface area contributed by atoms with Crippen molar-refractivity contribution >= 4 is 39.4 Å². The molecule has 0 aliphatic heterocycles. The quantitative estimate of drug-likeness (QED) is 0.549. The Balaban J connectivity index is 3.82. The van der Waals surface area contributed by atoms with Crippen LogP contribution in [-0.4, -0.2) is 39.9 Å². The van der Waals surface area contributed by atoms with Crippen molar-refractivity contribution in [3.63, 3.8) is 0 Å². The van der Waals surface area contributed by atoms with Crippen LogP contribution in [0.1, 0.15) is 20.3 Å². The van der Waals surface area contributed by atoms with Gasteiger partial charge in [0.2, 0.25) is 11.8 Å². The van der Waals surface area contributed by atoms with Gasteiger partial charge < -0.3 is 16.2 Å². The fourth-order valence-corrected chi connectivity index (χ4v) is 2.84. The highest BCUT2D eigenvalue weighted by Crippen LogP contribution is 2.30. The van der Waals surface area contributed by atoms with E-state index in [1.165, 1.54) is 21.6 Å². The molecule has 0 rings (SSSR count). The first-order valence-electron chi connectivity index (χ1n) is 4.95. The van der Waals surface area contributed by atoms with E-state index in [1.807, 2.05) is 0 Å². The Hall–Kier alpha value is -0.890. The predicted octanol–water partition coefficient (Wildman–Crippen LogP) is 0.221. The molecule has 0 heterocycles. The number of carboxylic acids is 1. The predicted molar refractivity (Wildman–Crippen MR) is 68.6 cm³/mol. The standard InChI is InChI=1S/C9H16N2O4S2/c1-5(8(10)14)16-17-6(2)9(15)11-4-3-7(12)13/h5-6H,3-4H2,1-2H3,(H2,10,14)(H,11,15)(H,12,13). The number of amides is 2. The summed E-state index contributed by atoms with van der Waals surface area (Å²) >= 11 is 0. The maximum absolute atomic E-state index is 11.5. The lowest BCUT2D eigenvalue weighted by Gasteiger charge is -2.12. The van der Waals surface area contributed by atoms with Crippen LogP contribution in [0.5, 0.6) is 0 Å². The van der Waals surface area contributed by atoms with Crippen LogP contribution in [0, 0.1) is 0 Å². The molecule has 17 heavy (non-hydrogen) atoms. The average Bonchev–Trinajstić information content (AvgIpc) is 2.24. The molecule has 6 nitrogen and oxygen atoms in total. The van der Waals surface area contributed by atoms with E-state index in [0.29, 0.717) is 0 Å². The molecule has 0 saturated carbocycles. The van der Waals surface area contributed by atoms with Crippen molar-refractivity contribution in [1.29, 1.82) is 0 Å². The molecule has 0 saturated heterocycles. The maximum atomic E-state index is 11.5. The summed E-state index contributed by atoms with van der Waals surface area (Å²) in [4.78, 5) is 32.4. The molecule has 8 heteroatoms. The van der Waals surface area contributed by atoms with E-state index in [4.69, 9.17) is 10.8 Å². The smallest absolute Gasteiger partial charge is 0.305 e.